The lowest BCUT2D eigenvalue weighted by Crippen LogP contribution is -2.61. The van der Waals surface area contributed by atoms with Crippen molar-refractivity contribution in [2.45, 2.75) is 39.3 Å². The first-order chi connectivity index (χ1) is 12.9. The molecule has 1 unspecified atom stereocenters. The van der Waals surface area contributed by atoms with Crippen molar-refractivity contribution in [3.63, 3.8) is 0 Å². The van der Waals surface area contributed by atoms with Crippen molar-refractivity contribution in [1.82, 2.24) is 4.90 Å². The lowest BCUT2D eigenvalue weighted by atomic mass is 9.93. The van der Waals surface area contributed by atoms with E-state index in [9.17, 15) is 15.0 Å². The lowest BCUT2D eigenvalue weighted by molar-refractivity contribution is -0.146. The second-order valence-electron chi connectivity index (χ2n) is 7.10. The normalized spacial score (nSPS) is 17.6. The first-order valence-electron chi connectivity index (χ1n) is 9.47. The van der Waals surface area contributed by atoms with Crippen molar-refractivity contribution in [2.75, 3.05) is 24.5 Å². The van der Waals surface area contributed by atoms with Crippen molar-refractivity contribution in [1.29, 1.82) is 0 Å². The number of carbonyl (C=O) groups is 1. The summed E-state index contributed by atoms with van der Waals surface area (Å²) in [4.78, 5) is 16.3. The number of anilines is 1. The average molecular weight is 370 g/mol. The topological polar surface area (TPSA) is 64.0 Å². The van der Waals surface area contributed by atoms with Gasteiger partial charge in [0.05, 0.1) is 0 Å². The van der Waals surface area contributed by atoms with Crippen LogP contribution in [0, 0.1) is 0 Å². The Bertz CT molecular complexity index is 729. The third kappa shape index (κ3) is 4.80. The molecule has 27 heavy (non-hydrogen) atoms. The Hall–Kier alpha value is -2.53. The maximum absolute atomic E-state index is 12.0. The van der Waals surface area contributed by atoms with Gasteiger partial charge in [0.1, 0.15) is 11.8 Å². The number of hydrogen-bond acceptors (Lipinski definition) is 4. The minimum absolute atomic E-state index is 0.247. The molecular formula is C22H30N2O3. The number of aliphatic carboxylic acids is 1. The van der Waals surface area contributed by atoms with Crippen LogP contribution in [0.4, 0.5) is 5.69 Å². The second kappa shape index (κ2) is 8.91. The van der Waals surface area contributed by atoms with Gasteiger partial charge in [0.15, 0.2) is 0 Å². The number of rotatable bonds is 4. The fourth-order valence-corrected chi connectivity index (χ4v) is 3.62. The van der Waals surface area contributed by atoms with Crippen LogP contribution in [0.5, 0.6) is 5.75 Å². The van der Waals surface area contributed by atoms with Crippen LogP contribution < -0.4 is 4.90 Å². The largest absolute Gasteiger partial charge is 0.508 e. The molecule has 5 nitrogen and oxygen atoms in total. The van der Waals surface area contributed by atoms with Crippen LogP contribution >= 0.6 is 0 Å². The van der Waals surface area contributed by atoms with E-state index in [0.717, 1.165) is 17.8 Å². The van der Waals surface area contributed by atoms with Crippen molar-refractivity contribution >= 4 is 11.7 Å². The first kappa shape index (κ1) is 20.8. The third-order valence-electron chi connectivity index (χ3n) is 4.84. The number of hydrogen-bond donors (Lipinski definition) is 2. The maximum Gasteiger partial charge on any atom is 0.325 e. The van der Waals surface area contributed by atoms with E-state index in [1.54, 1.807) is 12.1 Å². The molecule has 0 saturated carbocycles. The van der Waals surface area contributed by atoms with Gasteiger partial charge in [-0.1, -0.05) is 44.2 Å². The van der Waals surface area contributed by atoms with Crippen LogP contribution in [0.15, 0.2) is 54.6 Å². The number of phenols is 1. The van der Waals surface area contributed by atoms with E-state index in [1.807, 2.05) is 56.3 Å². The number of carboxylic acid groups (broad SMARTS) is 1. The highest BCUT2D eigenvalue weighted by Gasteiger charge is 2.41. The number of aromatic hydroxyl groups is 1. The molecule has 1 aliphatic heterocycles. The van der Waals surface area contributed by atoms with Crippen molar-refractivity contribution in [3.8, 4) is 5.75 Å². The molecule has 1 atom stereocenters. The predicted molar refractivity (Wildman–Crippen MR) is 109 cm³/mol. The number of benzene rings is 2. The van der Waals surface area contributed by atoms with Crippen molar-refractivity contribution in [2.24, 2.45) is 0 Å². The zero-order valence-corrected chi connectivity index (χ0v) is 16.6. The molecule has 1 fully saturated rings. The smallest absolute Gasteiger partial charge is 0.325 e. The summed E-state index contributed by atoms with van der Waals surface area (Å²) in [6, 6.07) is 15.9. The molecule has 0 radical (unpaired) electrons. The Labute approximate surface area is 161 Å². The zero-order chi connectivity index (χ0) is 20.0. The van der Waals surface area contributed by atoms with E-state index < -0.39 is 12.0 Å². The maximum atomic E-state index is 12.0. The monoisotopic (exact) mass is 370 g/mol. The van der Waals surface area contributed by atoms with E-state index >= 15 is 0 Å². The molecule has 5 heteroatoms. The highest BCUT2D eigenvalue weighted by atomic mass is 16.4. The highest BCUT2D eigenvalue weighted by molar-refractivity contribution is 5.75. The van der Waals surface area contributed by atoms with Gasteiger partial charge >= 0.3 is 5.97 Å². The number of nitrogens with zero attached hydrogens (tertiary/aromatic N) is 2. The molecule has 2 aromatic carbocycles. The SMILES string of the molecule is CC.CC1(C)CN(c2ccc(O)cc2)CCN1C(C(=O)O)c1ccccc1. The van der Waals surface area contributed by atoms with Gasteiger partial charge in [0.2, 0.25) is 0 Å². The van der Waals surface area contributed by atoms with Gasteiger partial charge in [-0.05, 0) is 43.7 Å². The Morgan fingerprint density at radius 3 is 2.11 bits per heavy atom. The van der Waals surface area contributed by atoms with Crippen LogP contribution in [0.1, 0.15) is 39.3 Å². The Morgan fingerprint density at radius 2 is 1.59 bits per heavy atom. The van der Waals surface area contributed by atoms with E-state index in [4.69, 9.17) is 0 Å². The summed E-state index contributed by atoms with van der Waals surface area (Å²) >= 11 is 0. The molecule has 2 aromatic rings. The van der Waals surface area contributed by atoms with Gasteiger partial charge in [-0.25, -0.2) is 0 Å². The van der Waals surface area contributed by atoms with Gasteiger partial charge in [0, 0.05) is 30.9 Å². The fourth-order valence-electron chi connectivity index (χ4n) is 3.62. The summed E-state index contributed by atoms with van der Waals surface area (Å²) in [5.74, 6) is -0.575. The Balaban J connectivity index is 0.00000126. The molecule has 1 saturated heterocycles. The van der Waals surface area contributed by atoms with Crippen LogP contribution in [0.3, 0.4) is 0 Å². The summed E-state index contributed by atoms with van der Waals surface area (Å²) in [5.41, 5.74) is 1.54. The minimum atomic E-state index is -0.822. The molecule has 2 N–H and O–H groups in total. The van der Waals surface area contributed by atoms with Gasteiger partial charge in [-0.15, -0.1) is 0 Å². The van der Waals surface area contributed by atoms with Crippen LogP contribution in [0.2, 0.25) is 0 Å². The Morgan fingerprint density at radius 1 is 1.00 bits per heavy atom. The Kier molecular flexibility index (Phi) is 6.86. The molecule has 0 aromatic heterocycles. The summed E-state index contributed by atoms with van der Waals surface area (Å²) in [6.07, 6.45) is 0. The van der Waals surface area contributed by atoms with Gasteiger partial charge < -0.3 is 15.1 Å². The molecule has 1 aliphatic rings. The predicted octanol–water partition coefficient (Wildman–Crippen LogP) is 4.14. The molecular weight excluding hydrogens is 340 g/mol. The molecule has 146 valence electrons. The van der Waals surface area contributed by atoms with Crippen LogP contribution in [0.25, 0.3) is 0 Å². The minimum Gasteiger partial charge on any atom is -0.508 e. The van der Waals surface area contributed by atoms with E-state index in [1.165, 1.54) is 0 Å². The summed E-state index contributed by atoms with van der Waals surface area (Å²) in [7, 11) is 0. The average Bonchev–Trinajstić information content (AvgIpc) is 2.66. The van der Waals surface area contributed by atoms with E-state index in [-0.39, 0.29) is 11.3 Å². The second-order valence-corrected chi connectivity index (χ2v) is 7.10. The summed E-state index contributed by atoms with van der Waals surface area (Å²) in [5, 5.41) is 19.3. The molecule has 1 heterocycles. The summed E-state index contributed by atoms with van der Waals surface area (Å²) in [6.45, 7) is 10.3. The van der Waals surface area contributed by atoms with Crippen molar-refractivity contribution < 1.29 is 15.0 Å². The summed E-state index contributed by atoms with van der Waals surface area (Å²) < 4.78 is 0. The highest BCUT2D eigenvalue weighted by Crippen LogP contribution is 2.33. The third-order valence-corrected chi connectivity index (χ3v) is 4.84. The fraction of sp³-hybridized carbons (Fsp3) is 0.409. The molecule has 0 amide bonds. The number of phenolic OH excluding ortho intramolecular Hbond substituents is 1. The zero-order valence-electron chi connectivity index (χ0n) is 16.6. The molecule has 0 spiro atoms. The van der Waals surface area contributed by atoms with Gasteiger partial charge in [0.25, 0.3) is 0 Å². The molecule has 0 bridgehead atoms. The van der Waals surface area contributed by atoms with Crippen LogP contribution in [-0.4, -0.2) is 46.3 Å². The standard InChI is InChI=1S/C20H24N2O3.C2H6/c1-20(2)14-21(16-8-10-17(23)11-9-16)12-13-22(20)18(19(24)25)15-6-4-3-5-7-15;1-2/h3-11,18,23H,12-14H2,1-2H3,(H,24,25);1-2H3. The first-order valence-corrected chi connectivity index (χ1v) is 9.47. The molecule has 3 rings (SSSR count). The lowest BCUT2D eigenvalue weighted by Gasteiger charge is -2.50. The number of piperazine rings is 1. The van der Waals surface area contributed by atoms with Crippen molar-refractivity contribution in [3.05, 3.63) is 60.2 Å². The quantitative estimate of drug-likeness (QED) is 0.847. The van der Waals surface area contributed by atoms with Gasteiger partial charge in [-0.3, -0.25) is 9.69 Å². The van der Waals surface area contributed by atoms with E-state index in [2.05, 4.69) is 23.6 Å². The van der Waals surface area contributed by atoms with Gasteiger partial charge in [-0.2, -0.15) is 0 Å². The van der Waals surface area contributed by atoms with E-state index in [0.29, 0.717) is 13.1 Å². The van der Waals surface area contributed by atoms with Crippen LogP contribution in [-0.2, 0) is 4.79 Å². The number of carboxylic acids is 1. The molecule has 0 aliphatic carbocycles.